The third-order valence-corrected chi connectivity index (χ3v) is 3.95. The summed E-state index contributed by atoms with van der Waals surface area (Å²) >= 11 is 3.42. The molecule has 0 amide bonds. The normalized spacial score (nSPS) is 26.8. The first-order valence-corrected chi connectivity index (χ1v) is 7.14. The molecule has 0 bridgehead atoms. The van der Waals surface area contributed by atoms with Crippen molar-refractivity contribution < 1.29 is 19.1 Å². The molecule has 1 aromatic heterocycles. The minimum atomic E-state index is -0.899. The second-order valence-corrected chi connectivity index (χ2v) is 5.80. The van der Waals surface area contributed by atoms with Crippen molar-refractivity contribution in [2.24, 2.45) is 0 Å². The molecule has 20 heavy (non-hydrogen) atoms. The lowest BCUT2D eigenvalue weighted by Crippen LogP contribution is -2.52. The van der Waals surface area contributed by atoms with Gasteiger partial charge in [0.25, 0.3) is 0 Å². The lowest BCUT2D eigenvalue weighted by molar-refractivity contribution is -0.150. The van der Waals surface area contributed by atoms with Crippen LogP contribution < -0.4 is 5.32 Å². The van der Waals surface area contributed by atoms with E-state index in [1.54, 1.807) is 6.92 Å². The number of nitrogens with one attached hydrogen (secondary N) is 1. The van der Waals surface area contributed by atoms with Gasteiger partial charge in [0.1, 0.15) is 23.5 Å². The third-order valence-electron chi connectivity index (χ3n) is 3.45. The molecule has 3 atom stereocenters. The molecule has 0 aliphatic carbocycles. The Bertz CT molecular complexity index is 654. The minimum Gasteiger partial charge on any atom is -0.480 e. The first-order valence-electron chi connectivity index (χ1n) is 6.35. The van der Waals surface area contributed by atoms with Gasteiger partial charge >= 0.3 is 5.97 Å². The summed E-state index contributed by atoms with van der Waals surface area (Å²) < 4.78 is 12.5. The van der Waals surface area contributed by atoms with Gasteiger partial charge in [-0.1, -0.05) is 15.9 Å². The molecule has 2 heterocycles. The Morgan fingerprint density at radius 2 is 2.25 bits per heavy atom. The molecule has 2 aromatic rings. The predicted molar refractivity (Wildman–Crippen MR) is 76.6 cm³/mol. The van der Waals surface area contributed by atoms with E-state index in [9.17, 15) is 4.79 Å². The van der Waals surface area contributed by atoms with Crippen LogP contribution in [-0.2, 0) is 9.53 Å². The van der Waals surface area contributed by atoms with Crippen molar-refractivity contribution in [1.82, 2.24) is 5.32 Å². The van der Waals surface area contributed by atoms with Gasteiger partial charge in [-0.3, -0.25) is 10.1 Å². The molecular weight excluding hydrogens is 326 g/mol. The molecule has 6 heteroatoms. The predicted octanol–water partition coefficient (Wildman–Crippen LogP) is 2.70. The Morgan fingerprint density at radius 3 is 2.95 bits per heavy atom. The SMILES string of the molecule is CC1OC(c2cc3cc(Br)ccc3o2)CNC1C(=O)O. The molecule has 2 N–H and O–H groups in total. The summed E-state index contributed by atoms with van der Waals surface area (Å²) in [7, 11) is 0. The van der Waals surface area contributed by atoms with Crippen LogP contribution in [0.5, 0.6) is 0 Å². The summed E-state index contributed by atoms with van der Waals surface area (Å²) in [6, 6.07) is 7.04. The standard InChI is InChI=1S/C14H14BrNO4/c1-7-13(14(17)18)16-6-12(19-7)11-5-8-4-9(15)2-3-10(8)20-11/h2-5,7,12-13,16H,6H2,1H3,(H,17,18). The average Bonchev–Trinajstić information content (AvgIpc) is 2.81. The van der Waals surface area contributed by atoms with Gasteiger partial charge < -0.3 is 14.3 Å². The zero-order valence-electron chi connectivity index (χ0n) is 10.8. The van der Waals surface area contributed by atoms with E-state index in [1.807, 2.05) is 24.3 Å². The molecule has 1 saturated heterocycles. The summed E-state index contributed by atoms with van der Waals surface area (Å²) in [6.45, 7) is 2.17. The van der Waals surface area contributed by atoms with E-state index < -0.39 is 18.1 Å². The number of halogens is 1. The quantitative estimate of drug-likeness (QED) is 0.880. The van der Waals surface area contributed by atoms with Gasteiger partial charge in [0.2, 0.25) is 0 Å². The highest BCUT2D eigenvalue weighted by Gasteiger charge is 2.34. The van der Waals surface area contributed by atoms with Crippen molar-refractivity contribution >= 4 is 32.9 Å². The van der Waals surface area contributed by atoms with E-state index in [1.165, 1.54) is 0 Å². The summed E-state index contributed by atoms with van der Waals surface area (Å²) in [4.78, 5) is 11.0. The Balaban J connectivity index is 1.83. The number of hydrogen-bond donors (Lipinski definition) is 2. The Labute approximate surface area is 124 Å². The Kier molecular flexibility index (Phi) is 3.54. The lowest BCUT2D eigenvalue weighted by atomic mass is 10.1. The number of carbonyl (C=O) groups is 1. The maximum absolute atomic E-state index is 11.0. The number of fused-ring (bicyclic) bond motifs is 1. The highest BCUT2D eigenvalue weighted by atomic mass is 79.9. The van der Waals surface area contributed by atoms with Crippen LogP contribution in [0.4, 0.5) is 0 Å². The molecule has 1 fully saturated rings. The Hall–Kier alpha value is -1.37. The number of morpholine rings is 1. The summed E-state index contributed by atoms with van der Waals surface area (Å²) in [5.74, 6) is -0.189. The van der Waals surface area contributed by atoms with Gasteiger partial charge in [-0.2, -0.15) is 0 Å². The van der Waals surface area contributed by atoms with Gasteiger partial charge in [0.05, 0.1) is 6.10 Å². The number of benzene rings is 1. The smallest absolute Gasteiger partial charge is 0.323 e. The van der Waals surface area contributed by atoms with Crippen molar-refractivity contribution in [2.75, 3.05) is 6.54 Å². The molecule has 1 aliphatic heterocycles. The van der Waals surface area contributed by atoms with Crippen LogP contribution in [0.15, 0.2) is 33.2 Å². The van der Waals surface area contributed by atoms with E-state index in [4.69, 9.17) is 14.3 Å². The van der Waals surface area contributed by atoms with E-state index >= 15 is 0 Å². The number of ether oxygens (including phenoxy) is 1. The summed E-state index contributed by atoms with van der Waals surface area (Å²) in [5.41, 5.74) is 0.791. The zero-order chi connectivity index (χ0) is 14.3. The number of furan rings is 1. The molecular formula is C14H14BrNO4. The summed E-state index contributed by atoms with van der Waals surface area (Å²) in [5, 5.41) is 13.0. The van der Waals surface area contributed by atoms with Crippen LogP contribution in [0.2, 0.25) is 0 Å². The Morgan fingerprint density at radius 1 is 1.45 bits per heavy atom. The fourth-order valence-electron chi connectivity index (χ4n) is 2.43. The topological polar surface area (TPSA) is 71.7 Å². The van der Waals surface area contributed by atoms with E-state index in [0.717, 1.165) is 15.4 Å². The number of rotatable bonds is 2. The second kappa shape index (κ2) is 5.20. The van der Waals surface area contributed by atoms with E-state index in [-0.39, 0.29) is 6.10 Å². The third kappa shape index (κ3) is 2.46. The zero-order valence-corrected chi connectivity index (χ0v) is 12.4. The first kappa shape index (κ1) is 13.6. The van der Waals surface area contributed by atoms with Crippen molar-refractivity contribution in [2.45, 2.75) is 25.2 Å². The lowest BCUT2D eigenvalue weighted by Gasteiger charge is -2.32. The van der Waals surface area contributed by atoms with Crippen molar-refractivity contribution in [3.8, 4) is 0 Å². The second-order valence-electron chi connectivity index (χ2n) is 4.88. The molecule has 5 nitrogen and oxygen atoms in total. The fraction of sp³-hybridized carbons (Fsp3) is 0.357. The van der Waals surface area contributed by atoms with Gasteiger partial charge in [-0.05, 0) is 31.2 Å². The highest BCUT2D eigenvalue weighted by molar-refractivity contribution is 9.10. The maximum Gasteiger partial charge on any atom is 0.323 e. The number of carboxylic acids is 1. The van der Waals surface area contributed by atoms with Crippen LogP contribution in [0.3, 0.4) is 0 Å². The largest absolute Gasteiger partial charge is 0.480 e. The van der Waals surface area contributed by atoms with Crippen LogP contribution in [0, 0.1) is 0 Å². The summed E-state index contributed by atoms with van der Waals surface area (Å²) in [6.07, 6.45) is -0.682. The first-order chi connectivity index (χ1) is 9.54. The number of carboxylic acid groups (broad SMARTS) is 1. The van der Waals surface area contributed by atoms with E-state index in [0.29, 0.717) is 12.3 Å². The fourth-order valence-corrected chi connectivity index (χ4v) is 2.81. The van der Waals surface area contributed by atoms with E-state index in [2.05, 4.69) is 21.2 Å². The van der Waals surface area contributed by atoms with Gasteiger partial charge in [-0.25, -0.2) is 0 Å². The molecule has 3 unspecified atom stereocenters. The number of hydrogen-bond acceptors (Lipinski definition) is 4. The number of aliphatic carboxylic acids is 1. The van der Waals surface area contributed by atoms with Gasteiger partial charge in [0.15, 0.2) is 0 Å². The van der Waals surface area contributed by atoms with Gasteiger partial charge in [-0.15, -0.1) is 0 Å². The maximum atomic E-state index is 11.0. The molecule has 106 valence electrons. The molecule has 0 spiro atoms. The van der Waals surface area contributed by atoms with Gasteiger partial charge in [0, 0.05) is 16.4 Å². The molecule has 0 saturated carbocycles. The van der Waals surface area contributed by atoms with Crippen molar-refractivity contribution in [3.05, 3.63) is 34.5 Å². The monoisotopic (exact) mass is 339 g/mol. The molecule has 3 rings (SSSR count). The molecule has 1 aliphatic rings. The van der Waals surface area contributed by atoms with Crippen LogP contribution in [-0.4, -0.2) is 29.8 Å². The highest BCUT2D eigenvalue weighted by Crippen LogP contribution is 2.30. The van der Waals surface area contributed by atoms with Crippen LogP contribution >= 0.6 is 15.9 Å². The molecule has 1 aromatic carbocycles. The minimum absolute atomic E-state index is 0.272. The van der Waals surface area contributed by atoms with Crippen LogP contribution in [0.25, 0.3) is 11.0 Å². The molecule has 0 radical (unpaired) electrons. The van der Waals surface area contributed by atoms with Crippen LogP contribution in [0.1, 0.15) is 18.8 Å². The average molecular weight is 340 g/mol. The van der Waals surface area contributed by atoms with Crippen molar-refractivity contribution in [3.63, 3.8) is 0 Å². The van der Waals surface area contributed by atoms with Crippen molar-refractivity contribution in [1.29, 1.82) is 0 Å².